The van der Waals surface area contributed by atoms with Crippen molar-refractivity contribution < 1.29 is 49.8 Å². The maximum atomic E-state index is 13.8. The van der Waals surface area contributed by atoms with Gasteiger partial charge in [0.25, 0.3) is 0 Å². The molecule has 6 rings (SSSR count). The van der Waals surface area contributed by atoms with Crippen LogP contribution in [0.4, 0.5) is 22.7 Å². The first kappa shape index (κ1) is 43.4. The van der Waals surface area contributed by atoms with E-state index in [0.717, 1.165) is 38.5 Å². The number of aromatic hydroxyl groups is 4. The molecule has 0 aromatic heterocycles. The zero-order valence-electron chi connectivity index (χ0n) is 33.2. The molecule has 0 unspecified atom stereocenters. The Morgan fingerprint density at radius 1 is 0.317 bits per heavy atom. The Morgan fingerprint density at radius 2 is 0.583 bits per heavy atom. The second-order valence-electron chi connectivity index (χ2n) is 14.6. The van der Waals surface area contributed by atoms with Gasteiger partial charge in [-0.2, -0.15) is 0 Å². The molecule has 16 heteroatoms. The smallest absolute Gasteiger partial charge is 0.200 e. The molecule has 0 bridgehead atoms. The number of hydrogen-bond acceptors (Lipinski definition) is 16. The van der Waals surface area contributed by atoms with Crippen LogP contribution in [0.25, 0.3) is 0 Å². The average molecular weight is 825 g/mol. The number of rotatable bonds is 23. The average Bonchev–Trinajstić information content (AvgIpc) is 3.24. The molecule has 0 amide bonds. The van der Waals surface area contributed by atoms with E-state index in [9.17, 15) is 39.6 Å². The van der Waals surface area contributed by atoms with Crippen LogP contribution >= 0.6 is 0 Å². The van der Waals surface area contributed by atoms with Crippen molar-refractivity contribution in [3.63, 3.8) is 0 Å². The van der Waals surface area contributed by atoms with Crippen molar-refractivity contribution in [2.45, 2.75) is 38.5 Å². The first-order valence-electron chi connectivity index (χ1n) is 20.3. The van der Waals surface area contributed by atoms with Crippen molar-refractivity contribution in [2.24, 2.45) is 0 Å². The van der Waals surface area contributed by atoms with E-state index in [1.807, 2.05) is 0 Å². The first-order chi connectivity index (χ1) is 29.1. The molecule has 4 aromatic rings. The number of hydrogen-bond donors (Lipinski definition) is 12. The van der Waals surface area contributed by atoms with E-state index < -0.39 is 34.6 Å². The summed E-state index contributed by atoms with van der Waals surface area (Å²) in [4.78, 5) is 55.2. The lowest BCUT2D eigenvalue weighted by Gasteiger charge is -2.25. The van der Waals surface area contributed by atoms with Crippen LogP contribution in [-0.4, -0.2) is 119 Å². The number of carbonyl (C=O) groups is 4. The highest BCUT2D eigenvalue weighted by Crippen LogP contribution is 2.44. The fourth-order valence-electron chi connectivity index (χ4n) is 7.70. The molecule has 2 aliphatic carbocycles. The number of aliphatic hydroxyl groups is 2. The van der Waals surface area contributed by atoms with Crippen molar-refractivity contribution in [3.05, 3.63) is 93.0 Å². The van der Waals surface area contributed by atoms with Crippen LogP contribution in [0.1, 0.15) is 102 Å². The van der Waals surface area contributed by atoms with Crippen molar-refractivity contribution in [2.75, 3.05) is 86.8 Å². The molecule has 16 nitrogen and oxygen atoms in total. The number of fused-ring (bicyclic) bond motifs is 4. The third-order valence-electron chi connectivity index (χ3n) is 10.6. The number of nitrogens with one attached hydrogen (secondary N) is 6. The normalized spacial score (nSPS) is 12.8. The fraction of sp³-hybridized carbons (Fsp3) is 0.364. The zero-order valence-corrected chi connectivity index (χ0v) is 33.2. The summed E-state index contributed by atoms with van der Waals surface area (Å²) in [6.07, 6.45) is 5.19. The first-order valence-corrected chi connectivity index (χ1v) is 20.3. The summed E-state index contributed by atoms with van der Waals surface area (Å²) in [6, 6.07) is 11.6. The van der Waals surface area contributed by atoms with Gasteiger partial charge in [0, 0.05) is 75.1 Å². The molecule has 0 fully saturated rings. The number of aliphatic hydroxyl groups excluding tert-OH is 2. The van der Waals surface area contributed by atoms with Gasteiger partial charge < -0.3 is 62.5 Å². The summed E-state index contributed by atoms with van der Waals surface area (Å²) in [5.41, 5.74) is 1.27. The third kappa shape index (κ3) is 9.16. The van der Waals surface area contributed by atoms with Crippen molar-refractivity contribution in [1.29, 1.82) is 0 Å². The zero-order chi connectivity index (χ0) is 42.8. The maximum absolute atomic E-state index is 13.8. The van der Waals surface area contributed by atoms with Gasteiger partial charge in [-0.05, 0) is 61.4 Å². The van der Waals surface area contributed by atoms with E-state index in [4.69, 9.17) is 10.2 Å². The predicted octanol–water partition coefficient (Wildman–Crippen LogP) is 3.91. The quantitative estimate of drug-likeness (QED) is 0.0323. The second kappa shape index (κ2) is 20.2. The minimum atomic E-state index is -0.574. The molecule has 0 saturated heterocycles. The Morgan fingerprint density at radius 3 is 0.867 bits per heavy atom. The minimum Gasteiger partial charge on any atom is -0.507 e. The molecule has 0 aliphatic heterocycles. The lowest BCUT2D eigenvalue weighted by Crippen LogP contribution is -2.27. The van der Waals surface area contributed by atoms with Gasteiger partial charge in [0.05, 0.1) is 57.7 Å². The Kier molecular flexibility index (Phi) is 14.6. The highest BCUT2D eigenvalue weighted by Gasteiger charge is 2.39. The second-order valence-corrected chi connectivity index (χ2v) is 14.6. The van der Waals surface area contributed by atoms with Crippen LogP contribution in [0, 0.1) is 0 Å². The van der Waals surface area contributed by atoms with Crippen LogP contribution < -0.4 is 31.9 Å². The highest BCUT2D eigenvalue weighted by atomic mass is 16.3. The van der Waals surface area contributed by atoms with Crippen molar-refractivity contribution >= 4 is 45.9 Å². The van der Waals surface area contributed by atoms with E-state index in [2.05, 4.69) is 31.9 Å². The van der Waals surface area contributed by atoms with Crippen molar-refractivity contribution in [1.82, 2.24) is 10.6 Å². The molecule has 0 heterocycles. The van der Waals surface area contributed by atoms with Crippen LogP contribution in [0.3, 0.4) is 0 Å². The Balaban J connectivity index is 1.02. The molecule has 12 N–H and O–H groups in total. The standard InChI is InChI=1S/C44H52N6O10/c51-23-21-45-17-19-49-27-9-7-25(33-35(27)43(59)39-31(55)13-11-29(53)37(39)41(33)57)47-15-5-3-1-2-4-6-16-48-26-8-10-28(50-20-18-46-22-24-52)36-34(26)42(58)38-30(54)12-14-32(56)40(38)44(36)60/h7-14,45-56H,1-6,15-24H2. The van der Waals surface area contributed by atoms with Gasteiger partial charge in [-0.15, -0.1) is 0 Å². The molecular formula is C44H52N6O10. The van der Waals surface area contributed by atoms with Crippen LogP contribution in [0.15, 0.2) is 48.5 Å². The monoisotopic (exact) mass is 824 g/mol. The Hall–Kier alpha value is -6.20. The van der Waals surface area contributed by atoms with Gasteiger partial charge in [0.2, 0.25) is 23.1 Å². The SMILES string of the molecule is O=C1c2c(O)ccc(O)c2C(=O)c2c(NCCNCCO)ccc(NCCCCCCCCNc3ccc(NCCNCCO)c4c3C(=O)c3c(O)ccc(O)c3C4=O)c21. The predicted molar refractivity (Wildman–Crippen MR) is 228 cm³/mol. The van der Waals surface area contributed by atoms with E-state index in [0.29, 0.717) is 75.1 Å². The van der Waals surface area contributed by atoms with E-state index in [1.165, 1.54) is 24.3 Å². The molecule has 318 valence electrons. The molecule has 60 heavy (non-hydrogen) atoms. The summed E-state index contributed by atoms with van der Waals surface area (Å²) >= 11 is 0. The molecule has 0 radical (unpaired) electrons. The van der Waals surface area contributed by atoms with E-state index >= 15 is 0 Å². The lowest BCUT2D eigenvalue weighted by atomic mass is 9.81. The number of phenols is 4. The van der Waals surface area contributed by atoms with Gasteiger partial charge in [-0.25, -0.2) is 0 Å². The van der Waals surface area contributed by atoms with E-state index in [-0.39, 0.29) is 69.2 Å². The summed E-state index contributed by atoms with van der Waals surface area (Å²) in [5, 5.41) is 79.3. The number of phenolic OH excluding ortho intramolecular Hbond substituents is 4. The molecule has 0 saturated carbocycles. The molecule has 0 spiro atoms. The highest BCUT2D eigenvalue weighted by molar-refractivity contribution is 6.34. The summed E-state index contributed by atoms with van der Waals surface area (Å²) in [7, 11) is 0. The topological polar surface area (TPSA) is 262 Å². The maximum Gasteiger partial charge on any atom is 0.200 e. The minimum absolute atomic E-state index is 0.0176. The summed E-state index contributed by atoms with van der Waals surface area (Å²) in [6.45, 7) is 3.61. The van der Waals surface area contributed by atoms with Gasteiger partial charge in [0.1, 0.15) is 23.0 Å². The van der Waals surface area contributed by atoms with Crippen LogP contribution in [0.2, 0.25) is 0 Å². The van der Waals surface area contributed by atoms with Gasteiger partial charge in [0.15, 0.2) is 0 Å². The Labute approximate surface area is 347 Å². The molecule has 4 aromatic carbocycles. The molecular weight excluding hydrogens is 773 g/mol. The van der Waals surface area contributed by atoms with Crippen LogP contribution in [-0.2, 0) is 0 Å². The largest absolute Gasteiger partial charge is 0.507 e. The molecule has 2 aliphatic rings. The number of ketones is 4. The molecule has 0 atom stereocenters. The summed E-state index contributed by atoms with van der Waals surface area (Å²) in [5.74, 6) is -3.85. The Bertz CT molecular complexity index is 2100. The van der Waals surface area contributed by atoms with Gasteiger partial charge >= 0.3 is 0 Å². The third-order valence-corrected chi connectivity index (χ3v) is 10.6. The van der Waals surface area contributed by atoms with Crippen molar-refractivity contribution in [3.8, 4) is 23.0 Å². The number of carbonyl (C=O) groups excluding carboxylic acids is 4. The van der Waals surface area contributed by atoms with E-state index in [1.54, 1.807) is 24.3 Å². The lowest BCUT2D eigenvalue weighted by molar-refractivity contribution is 0.0975. The number of benzene rings is 4. The van der Waals surface area contributed by atoms with Crippen LogP contribution in [0.5, 0.6) is 23.0 Å². The summed E-state index contributed by atoms with van der Waals surface area (Å²) < 4.78 is 0. The van der Waals surface area contributed by atoms with Gasteiger partial charge in [-0.3, -0.25) is 19.2 Å². The number of unbranched alkanes of at least 4 members (excludes halogenated alkanes) is 5. The number of anilines is 4. The fourth-order valence-corrected chi connectivity index (χ4v) is 7.70. The van der Waals surface area contributed by atoms with Gasteiger partial charge in [-0.1, -0.05) is 25.7 Å².